The third-order valence-corrected chi connectivity index (χ3v) is 3.46. The Kier molecular flexibility index (Phi) is 13.9. The molecule has 1 rings (SSSR count). The lowest BCUT2D eigenvalue weighted by Gasteiger charge is -2.18. The summed E-state index contributed by atoms with van der Waals surface area (Å²) in [5.74, 6) is 0. The molecule has 1 aliphatic carbocycles. The summed E-state index contributed by atoms with van der Waals surface area (Å²) >= 11 is 0. The molecule has 1 saturated carbocycles. The van der Waals surface area contributed by atoms with Crippen molar-refractivity contribution in [2.45, 2.75) is 90.0 Å². The molecule has 104 valence electrons. The van der Waals surface area contributed by atoms with E-state index in [-0.39, 0.29) is 0 Å². The van der Waals surface area contributed by atoms with E-state index in [1.165, 1.54) is 77.0 Å². The first-order chi connectivity index (χ1) is 8.31. The second-order valence-electron chi connectivity index (χ2n) is 5.31. The zero-order valence-electron chi connectivity index (χ0n) is 11.9. The highest BCUT2D eigenvalue weighted by Crippen LogP contribution is 2.14. The predicted molar refractivity (Wildman–Crippen MR) is 78.1 cm³/mol. The van der Waals surface area contributed by atoms with E-state index in [1.807, 2.05) is 0 Å². The Morgan fingerprint density at radius 2 is 1.24 bits per heavy atom. The van der Waals surface area contributed by atoms with Crippen LogP contribution in [0.15, 0.2) is 0 Å². The average molecular weight is 242 g/mol. The van der Waals surface area contributed by atoms with E-state index in [0.29, 0.717) is 6.04 Å². The van der Waals surface area contributed by atoms with Gasteiger partial charge >= 0.3 is 0 Å². The van der Waals surface area contributed by atoms with Gasteiger partial charge in [0.25, 0.3) is 0 Å². The van der Waals surface area contributed by atoms with Gasteiger partial charge in [0.05, 0.1) is 0 Å². The molecule has 0 radical (unpaired) electrons. The third-order valence-electron chi connectivity index (χ3n) is 3.46. The van der Waals surface area contributed by atoms with Crippen LogP contribution in [0.25, 0.3) is 0 Å². The van der Waals surface area contributed by atoms with Crippen LogP contribution < -0.4 is 11.5 Å². The van der Waals surface area contributed by atoms with Crippen molar-refractivity contribution < 1.29 is 0 Å². The first-order valence-corrected chi connectivity index (χ1v) is 7.77. The normalized spacial score (nSPS) is 15.0. The third kappa shape index (κ3) is 13.9. The van der Waals surface area contributed by atoms with Crippen molar-refractivity contribution in [3.8, 4) is 0 Å². The molecule has 0 aromatic carbocycles. The molecular formula is C15H34N2. The van der Waals surface area contributed by atoms with Crippen molar-refractivity contribution in [3.05, 3.63) is 0 Å². The molecule has 0 saturated heterocycles. The Morgan fingerprint density at radius 1 is 0.824 bits per heavy atom. The standard InChI is InChI=1S/C11H25N.C4H9N/c1-2-3-4-5-6-7-8-9-10-11-12;5-4-2-1-3-4/h2-12H2,1H3;4H,1-3,5H2. The van der Waals surface area contributed by atoms with Gasteiger partial charge in [0.2, 0.25) is 0 Å². The van der Waals surface area contributed by atoms with Gasteiger partial charge in [0.1, 0.15) is 0 Å². The molecule has 0 aliphatic heterocycles. The first-order valence-electron chi connectivity index (χ1n) is 7.77. The number of hydrogen-bond donors (Lipinski definition) is 2. The summed E-state index contributed by atoms with van der Waals surface area (Å²) in [5, 5.41) is 0. The van der Waals surface area contributed by atoms with Gasteiger partial charge in [-0.15, -0.1) is 0 Å². The van der Waals surface area contributed by atoms with Crippen molar-refractivity contribution >= 4 is 0 Å². The number of hydrogen-bond acceptors (Lipinski definition) is 2. The van der Waals surface area contributed by atoms with Crippen LogP contribution >= 0.6 is 0 Å². The Balaban J connectivity index is 0.000000419. The van der Waals surface area contributed by atoms with Crippen molar-refractivity contribution in [3.63, 3.8) is 0 Å². The quantitative estimate of drug-likeness (QED) is 0.601. The zero-order chi connectivity index (χ0) is 12.8. The summed E-state index contributed by atoms with van der Waals surface area (Å²) in [6, 6.07) is 0.565. The topological polar surface area (TPSA) is 52.0 Å². The summed E-state index contributed by atoms with van der Waals surface area (Å²) in [5.41, 5.74) is 10.8. The Labute approximate surface area is 109 Å². The second-order valence-corrected chi connectivity index (χ2v) is 5.31. The maximum atomic E-state index is 5.41. The van der Waals surface area contributed by atoms with Gasteiger partial charge in [-0.2, -0.15) is 0 Å². The highest BCUT2D eigenvalue weighted by molar-refractivity contribution is 4.70. The fraction of sp³-hybridized carbons (Fsp3) is 1.00. The van der Waals surface area contributed by atoms with Gasteiger partial charge in [-0.1, -0.05) is 64.7 Å². The molecule has 17 heavy (non-hydrogen) atoms. The summed E-state index contributed by atoms with van der Waals surface area (Å²) in [6.45, 7) is 3.14. The lowest BCUT2D eigenvalue weighted by Crippen LogP contribution is -2.27. The smallest absolute Gasteiger partial charge is 0.00388 e. The van der Waals surface area contributed by atoms with Crippen molar-refractivity contribution in [1.82, 2.24) is 0 Å². The SMILES string of the molecule is CCCCCCCCCCCN.NC1CCC1. The fourth-order valence-corrected chi connectivity index (χ4v) is 1.89. The lowest BCUT2D eigenvalue weighted by molar-refractivity contribution is 0.418. The van der Waals surface area contributed by atoms with E-state index in [1.54, 1.807) is 0 Å². The largest absolute Gasteiger partial charge is 0.330 e. The highest BCUT2D eigenvalue weighted by atomic mass is 14.6. The molecule has 2 heteroatoms. The van der Waals surface area contributed by atoms with Crippen LogP contribution in [0.5, 0.6) is 0 Å². The van der Waals surface area contributed by atoms with Gasteiger partial charge in [-0.25, -0.2) is 0 Å². The van der Waals surface area contributed by atoms with Gasteiger partial charge in [-0.05, 0) is 25.8 Å². The van der Waals surface area contributed by atoms with E-state index in [9.17, 15) is 0 Å². The van der Waals surface area contributed by atoms with Crippen LogP contribution in [0.1, 0.15) is 84.0 Å². The van der Waals surface area contributed by atoms with E-state index in [0.717, 1.165) is 6.54 Å². The maximum Gasteiger partial charge on any atom is 0.00388 e. The van der Waals surface area contributed by atoms with E-state index in [2.05, 4.69) is 6.92 Å². The molecule has 1 fully saturated rings. The Hall–Kier alpha value is -0.0800. The molecule has 1 aliphatic rings. The van der Waals surface area contributed by atoms with Gasteiger partial charge in [0, 0.05) is 6.04 Å². The summed E-state index contributed by atoms with van der Waals surface area (Å²) in [6.07, 6.45) is 16.3. The zero-order valence-corrected chi connectivity index (χ0v) is 11.9. The first kappa shape index (κ1) is 16.9. The molecule has 0 unspecified atom stereocenters. The fourth-order valence-electron chi connectivity index (χ4n) is 1.89. The molecule has 0 spiro atoms. The molecule has 0 heterocycles. The van der Waals surface area contributed by atoms with Gasteiger partial charge < -0.3 is 11.5 Å². The number of rotatable bonds is 9. The van der Waals surface area contributed by atoms with Crippen molar-refractivity contribution in [2.75, 3.05) is 6.54 Å². The highest BCUT2D eigenvalue weighted by Gasteiger charge is 2.09. The van der Waals surface area contributed by atoms with Gasteiger partial charge in [0.15, 0.2) is 0 Å². The molecular weight excluding hydrogens is 208 g/mol. The minimum absolute atomic E-state index is 0.565. The van der Waals surface area contributed by atoms with Crippen LogP contribution in [0.2, 0.25) is 0 Å². The van der Waals surface area contributed by atoms with Crippen LogP contribution in [-0.4, -0.2) is 12.6 Å². The molecule has 0 aromatic heterocycles. The number of nitrogens with two attached hydrogens (primary N) is 2. The average Bonchev–Trinajstić information content (AvgIpc) is 2.31. The molecule has 2 nitrogen and oxygen atoms in total. The second kappa shape index (κ2) is 14.0. The van der Waals surface area contributed by atoms with E-state index in [4.69, 9.17) is 11.5 Å². The molecule has 0 amide bonds. The van der Waals surface area contributed by atoms with Gasteiger partial charge in [-0.3, -0.25) is 0 Å². The van der Waals surface area contributed by atoms with Crippen molar-refractivity contribution in [2.24, 2.45) is 11.5 Å². The lowest BCUT2D eigenvalue weighted by atomic mass is 9.95. The predicted octanol–water partition coefficient (Wildman–Crippen LogP) is 3.97. The van der Waals surface area contributed by atoms with E-state index < -0.39 is 0 Å². The summed E-state index contributed by atoms with van der Waals surface area (Å²) in [4.78, 5) is 0. The van der Waals surface area contributed by atoms with Crippen LogP contribution in [0, 0.1) is 0 Å². The van der Waals surface area contributed by atoms with Crippen LogP contribution in [0.3, 0.4) is 0 Å². The molecule has 0 bridgehead atoms. The van der Waals surface area contributed by atoms with E-state index >= 15 is 0 Å². The molecule has 0 atom stereocenters. The molecule has 4 N–H and O–H groups in total. The summed E-state index contributed by atoms with van der Waals surface area (Å²) < 4.78 is 0. The minimum atomic E-state index is 0.565. The van der Waals surface area contributed by atoms with Crippen LogP contribution in [0.4, 0.5) is 0 Å². The Morgan fingerprint density at radius 3 is 1.53 bits per heavy atom. The van der Waals surface area contributed by atoms with Crippen LogP contribution in [-0.2, 0) is 0 Å². The monoisotopic (exact) mass is 242 g/mol. The van der Waals surface area contributed by atoms with Crippen molar-refractivity contribution in [1.29, 1.82) is 0 Å². The minimum Gasteiger partial charge on any atom is -0.330 e. The molecule has 0 aromatic rings. The Bertz CT molecular complexity index is 123. The maximum absolute atomic E-state index is 5.41. The number of unbranched alkanes of at least 4 members (excludes halogenated alkanes) is 8. The summed E-state index contributed by atoms with van der Waals surface area (Å²) in [7, 11) is 0.